The van der Waals surface area contributed by atoms with Crippen LogP contribution in [0.1, 0.15) is 18.4 Å². The number of aliphatic hydroxyl groups is 1. The molecule has 0 aliphatic carbocycles. The highest BCUT2D eigenvalue weighted by atomic mass is 16.3. The molecule has 1 amide bonds. The third kappa shape index (κ3) is 3.82. The average molecular weight is 447 g/mol. The summed E-state index contributed by atoms with van der Waals surface area (Å²) in [6, 6.07) is 8.13. The van der Waals surface area contributed by atoms with Gasteiger partial charge < -0.3 is 20.3 Å². The lowest BCUT2D eigenvalue weighted by molar-refractivity contribution is -0.127. The van der Waals surface area contributed by atoms with Crippen LogP contribution in [0.3, 0.4) is 0 Å². The molecule has 4 aromatic rings. The summed E-state index contributed by atoms with van der Waals surface area (Å²) in [6.07, 6.45) is 8.14. The van der Waals surface area contributed by atoms with Crippen molar-refractivity contribution in [2.75, 3.05) is 31.1 Å². The number of H-pyrrole nitrogens is 1. The number of carbonyl (C=O) groups is 1. The number of amides is 1. The zero-order valence-corrected chi connectivity index (χ0v) is 18.4. The molecule has 10 heteroatoms. The van der Waals surface area contributed by atoms with E-state index in [1.807, 2.05) is 37.6 Å². The van der Waals surface area contributed by atoms with Crippen LogP contribution < -0.4 is 10.2 Å². The molecule has 0 saturated carbocycles. The summed E-state index contributed by atoms with van der Waals surface area (Å²) < 4.78 is 1.77. The molecule has 3 aromatic heterocycles. The van der Waals surface area contributed by atoms with E-state index in [9.17, 15) is 9.90 Å². The summed E-state index contributed by atoms with van der Waals surface area (Å²) in [5.41, 5.74) is 3.71. The highest BCUT2D eigenvalue weighted by molar-refractivity contribution is 5.89. The molecule has 5 rings (SSSR count). The van der Waals surface area contributed by atoms with Crippen LogP contribution >= 0.6 is 0 Å². The predicted octanol–water partition coefficient (Wildman–Crippen LogP) is 1.40. The zero-order valence-electron chi connectivity index (χ0n) is 18.4. The number of aliphatic hydroxyl groups excluding tert-OH is 1. The van der Waals surface area contributed by atoms with Crippen molar-refractivity contribution in [2.24, 2.45) is 7.05 Å². The molecule has 0 radical (unpaired) electrons. The van der Waals surface area contributed by atoms with Gasteiger partial charge in [-0.2, -0.15) is 5.10 Å². The van der Waals surface area contributed by atoms with Gasteiger partial charge in [-0.15, -0.1) is 0 Å². The van der Waals surface area contributed by atoms with E-state index in [1.54, 1.807) is 11.0 Å². The molecule has 1 aliphatic rings. The summed E-state index contributed by atoms with van der Waals surface area (Å²) in [6.45, 7) is 1.43. The third-order valence-corrected chi connectivity index (χ3v) is 6.40. The number of hydrogen-bond donors (Lipinski definition) is 3. The van der Waals surface area contributed by atoms with Gasteiger partial charge in [0, 0.05) is 38.4 Å². The second-order valence-corrected chi connectivity index (χ2v) is 8.33. The number of benzene rings is 1. The number of aryl methyl sites for hydroxylation is 1. The van der Waals surface area contributed by atoms with Crippen molar-refractivity contribution >= 4 is 22.9 Å². The molecule has 0 spiro atoms. The molecular weight excluding hydrogens is 420 g/mol. The Balaban J connectivity index is 1.47. The molecule has 170 valence electrons. The van der Waals surface area contributed by atoms with E-state index in [4.69, 9.17) is 0 Å². The highest BCUT2D eigenvalue weighted by Gasteiger charge is 2.43. The second kappa shape index (κ2) is 8.62. The minimum Gasteiger partial charge on any atom is -0.395 e. The molecular formula is C23H26N8O2. The fourth-order valence-corrected chi connectivity index (χ4v) is 4.64. The van der Waals surface area contributed by atoms with Gasteiger partial charge in [0.25, 0.3) is 0 Å². The lowest BCUT2D eigenvalue weighted by atomic mass is 9.71. The van der Waals surface area contributed by atoms with Crippen molar-refractivity contribution in [3.05, 3.63) is 54.9 Å². The molecule has 10 nitrogen and oxygen atoms in total. The maximum atomic E-state index is 13.4. The topological polar surface area (TPSA) is 125 Å². The largest absolute Gasteiger partial charge is 0.395 e. The van der Waals surface area contributed by atoms with Crippen LogP contribution in [-0.2, 0) is 17.3 Å². The first-order valence-corrected chi connectivity index (χ1v) is 11.0. The third-order valence-electron chi connectivity index (χ3n) is 6.40. The summed E-state index contributed by atoms with van der Waals surface area (Å²) in [5.74, 6) is 0.736. The molecule has 0 bridgehead atoms. The Kier molecular flexibility index (Phi) is 5.51. The average Bonchev–Trinajstić information content (AvgIpc) is 3.51. The molecule has 3 N–H and O–H groups in total. The van der Waals surface area contributed by atoms with Crippen LogP contribution in [0, 0.1) is 0 Å². The van der Waals surface area contributed by atoms with Crippen molar-refractivity contribution in [3.8, 4) is 11.1 Å². The van der Waals surface area contributed by atoms with E-state index in [-0.39, 0.29) is 19.1 Å². The quantitative estimate of drug-likeness (QED) is 0.409. The van der Waals surface area contributed by atoms with Crippen LogP contribution in [0.25, 0.3) is 22.3 Å². The number of piperidine rings is 1. The van der Waals surface area contributed by atoms with Gasteiger partial charge in [0.2, 0.25) is 5.91 Å². The Hall–Kier alpha value is -3.79. The van der Waals surface area contributed by atoms with Crippen LogP contribution in [0.15, 0.2) is 49.3 Å². The highest BCUT2D eigenvalue weighted by Crippen LogP contribution is 2.39. The number of nitrogens with zero attached hydrogens (tertiary/aromatic N) is 6. The van der Waals surface area contributed by atoms with Crippen LogP contribution in [0.5, 0.6) is 0 Å². The standard InChI is InChI=1S/C23H26N8O2/c1-30-13-17(12-29-30)16-3-2-4-18(11-16)23(22(33)24-7-10-32)5-8-31(9-6-23)21-19-20(26-14-25-19)27-15-28-21/h2-4,11-15,32H,5-10H2,1H3,(H,24,33)(H,25,26,27,28). The normalized spacial score (nSPS) is 15.6. The van der Waals surface area contributed by atoms with Gasteiger partial charge in [-0.25, -0.2) is 15.0 Å². The van der Waals surface area contributed by atoms with Gasteiger partial charge in [0.05, 0.1) is 24.5 Å². The van der Waals surface area contributed by atoms with E-state index >= 15 is 0 Å². The van der Waals surface area contributed by atoms with Crippen molar-refractivity contribution in [1.82, 2.24) is 35.0 Å². The number of aromatic nitrogens is 6. The molecule has 4 heterocycles. The van der Waals surface area contributed by atoms with Crippen molar-refractivity contribution in [2.45, 2.75) is 18.3 Å². The number of aromatic amines is 1. The minimum atomic E-state index is -0.704. The second-order valence-electron chi connectivity index (χ2n) is 8.33. The van der Waals surface area contributed by atoms with E-state index < -0.39 is 5.41 Å². The van der Waals surface area contributed by atoms with Crippen LogP contribution in [0.4, 0.5) is 5.82 Å². The summed E-state index contributed by atoms with van der Waals surface area (Å²) >= 11 is 0. The molecule has 1 aromatic carbocycles. The fourth-order valence-electron chi connectivity index (χ4n) is 4.64. The molecule has 33 heavy (non-hydrogen) atoms. The zero-order chi connectivity index (χ0) is 22.8. The predicted molar refractivity (Wildman–Crippen MR) is 124 cm³/mol. The van der Waals surface area contributed by atoms with Crippen LogP contribution in [-0.4, -0.2) is 67.0 Å². The smallest absolute Gasteiger partial charge is 0.230 e. The summed E-state index contributed by atoms with van der Waals surface area (Å²) in [7, 11) is 1.89. The number of nitrogens with one attached hydrogen (secondary N) is 2. The maximum Gasteiger partial charge on any atom is 0.230 e. The Morgan fingerprint density at radius 1 is 1.21 bits per heavy atom. The minimum absolute atomic E-state index is 0.0612. The maximum absolute atomic E-state index is 13.4. The molecule has 1 fully saturated rings. The number of imidazole rings is 1. The Labute approximate surface area is 190 Å². The van der Waals surface area contributed by atoms with E-state index in [2.05, 4.69) is 41.3 Å². The number of rotatable bonds is 6. The monoisotopic (exact) mass is 446 g/mol. The molecule has 1 aliphatic heterocycles. The number of anilines is 1. The first-order valence-electron chi connectivity index (χ1n) is 11.0. The van der Waals surface area contributed by atoms with Gasteiger partial charge in [0.1, 0.15) is 11.8 Å². The van der Waals surface area contributed by atoms with Crippen molar-refractivity contribution < 1.29 is 9.90 Å². The Morgan fingerprint density at radius 2 is 2.06 bits per heavy atom. The van der Waals surface area contributed by atoms with Crippen molar-refractivity contribution in [3.63, 3.8) is 0 Å². The van der Waals surface area contributed by atoms with Gasteiger partial charge in [0.15, 0.2) is 11.5 Å². The summed E-state index contributed by atoms with van der Waals surface area (Å²) in [4.78, 5) is 31.6. The molecule has 0 atom stereocenters. The lowest BCUT2D eigenvalue weighted by Crippen LogP contribution is -2.52. The Morgan fingerprint density at radius 3 is 2.82 bits per heavy atom. The van der Waals surface area contributed by atoms with E-state index in [1.165, 1.54) is 6.33 Å². The van der Waals surface area contributed by atoms with Gasteiger partial charge in [-0.3, -0.25) is 9.48 Å². The number of fused-ring (bicyclic) bond motifs is 1. The first-order chi connectivity index (χ1) is 16.1. The fraction of sp³-hybridized carbons (Fsp3) is 0.348. The molecule has 1 saturated heterocycles. The van der Waals surface area contributed by atoms with Crippen molar-refractivity contribution in [1.29, 1.82) is 0 Å². The van der Waals surface area contributed by atoms with E-state index in [0.29, 0.717) is 31.6 Å². The SMILES string of the molecule is Cn1cc(-c2cccc(C3(C(=O)NCCO)CCN(c4ncnc5nc[nH]c45)CC3)c2)cn1. The lowest BCUT2D eigenvalue weighted by Gasteiger charge is -2.41. The number of carbonyl (C=O) groups excluding carboxylic acids is 1. The van der Waals surface area contributed by atoms with Crippen LogP contribution in [0.2, 0.25) is 0 Å². The van der Waals surface area contributed by atoms with Gasteiger partial charge in [-0.1, -0.05) is 18.2 Å². The molecule has 0 unspecified atom stereocenters. The Bertz CT molecular complexity index is 1270. The van der Waals surface area contributed by atoms with Gasteiger partial charge >= 0.3 is 0 Å². The summed E-state index contributed by atoms with van der Waals surface area (Å²) in [5, 5.41) is 16.5. The van der Waals surface area contributed by atoms with Gasteiger partial charge in [-0.05, 0) is 30.0 Å². The first kappa shape index (κ1) is 21.1. The number of hydrogen-bond acceptors (Lipinski definition) is 7. The van der Waals surface area contributed by atoms with E-state index in [0.717, 1.165) is 28.0 Å².